The number of aromatic nitrogens is 2. The van der Waals surface area contributed by atoms with Gasteiger partial charge in [0.15, 0.2) is 0 Å². The van der Waals surface area contributed by atoms with Gasteiger partial charge in [0.1, 0.15) is 5.82 Å². The zero-order valence-corrected chi connectivity index (χ0v) is 8.95. The number of aliphatic carboxylic acids is 1. The Labute approximate surface area is 88.4 Å². The van der Waals surface area contributed by atoms with Crippen LogP contribution in [0.1, 0.15) is 41.5 Å². The summed E-state index contributed by atoms with van der Waals surface area (Å²) in [6.07, 6.45) is 2.48. The Kier molecular flexibility index (Phi) is 2.42. The highest BCUT2D eigenvalue weighted by Gasteiger charge is 2.29. The number of rotatable bonds is 1. The Hall–Kier alpha value is -1.45. The summed E-state index contributed by atoms with van der Waals surface area (Å²) in [5, 5.41) is 9.12. The lowest BCUT2D eigenvalue weighted by atomic mass is 9.84. The van der Waals surface area contributed by atoms with Crippen LogP contribution in [-0.4, -0.2) is 21.0 Å². The molecule has 1 aromatic heterocycles. The second kappa shape index (κ2) is 3.61. The lowest BCUT2D eigenvalue weighted by molar-refractivity contribution is -0.139. The van der Waals surface area contributed by atoms with Gasteiger partial charge in [0.25, 0.3) is 0 Å². The Morgan fingerprint density at radius 2 is 2.13 bits per heavy atom. The fourth-order valence-electron chi connectivity index (χ4n) is 2.30. The Balaban J connectivity index is 2.55. The predicted molar refractivity (Wildman–Crippen MR) is 54.8 cm³/mol. The highest BCUT2D eigenvalue weighted by molar-refractivity contribution is 5.77. The largest absolute Gasteiger partial charge is 0.481 e. The summed E-state index contributed by atoms with van der Waals surface area (Å²) >= 11 is 0. The van der Waals surface area contributed by atoms with E-state index in [9.17, 15) is 4.79 Å². The minimum atomic E-state index is -0.758. The second-order valence-electron chi connectivity index (χ2n) is 4.00. The van der Waals surface area contributed by atoms with Crippen molar-refractivity contribution in [2.45, 2.75) is 39.0 Å². The van der Waals surface area contributed by atoms with Gasteiger partial charge in [-0.2, -0.15) is 0 Å². The summed E-state index contributed by atoms with van der Waals surface area (Å²) < 4.78 is 0. The molecule has 1 aliphatic carbocycles. The van der Waals surface area contributed by atoms with E-state index in [4.69, 9.17) is 5.11 Å². The molecule has 15 heavy (non-hydrogen) atoms. The Morgan fingerprint density at radius 1 is 1.40 bits per heavy atom. The summed E-state index contributed by atoms with van der Waals surface area (Å²) in [7, 11) is 0. The Morgan fingerprint density at radius 3 is 2.80 bits per heavy atom. The number of hydrogen-bond acceptors (Lipinski definition) is 3. The second-order valence-corrected chi connectivity index (χ2v) is 4.00. The molecule has 1 aromatic rings. The molecule has 80 valence electrons. The molecule has 0 saturated carbocycles. The summed E-state index contributed by atoms with van der Waals surface area (Å²) in [6, 6.07) is 0. The minimum Gasteiger partial charge on any atom is -0.481 e. The molecule has 1 aliphatic rings. The van der Waals surface area contributed by atoms with E-state index in [1.54, 1.807) is 0 Å². The van der Waals surface area contributed by atoms with Crippen LogP contribution in [0.3, 0.4) is 0 Å². The van der Waals surface area contributed by atoms with Crippen LogP contribution in [0, 0.1) is 13.8 Å². The van der Waals surface area contributed by atoms with Gasteiger partial charge in [-0.1, -0.05) is 0 Å². The standard InChI is InChI=1S/C11H14N2O2/c1-6-10-8(11(14)15)4-3-5-9(10)13-7(2)12-6/h8H,3-5H2,1-2H3,(H,14,15). The van der Waals surface area contributed by atoms with Gasteiger partial charge in [0.05, 0.1) is 5.92 Å². The van der Waals surface area contributed by atoms with Gasteiger partial charge in [-0.05, 0) is 33.1 Å². The van der Waals surface area contributed by atoms with Crippen LogP contribution < -0.4 is 0 Å². The SMILES string of the molecule is Cc1nc(C)c2c(n1)CCCC2C(=O)O. The van der Waals surface area contributed by atoms with Crippen molar-refractivity contribution >= 4 is 5.97 Å². The highest BCUT2D eigenvalue weighted by atomic mass is 16.4. The Bertz CT molecular complexity index is 415. The molecule has 1 atom stereocenters. The molecule has 0 aromatic carbocycles. The van der Waals surface area contributed by atoms with Crippen molar-refractivity contribution in [3.63, 3.8) is 0 Å². The summed E-state index contributed by atoms with van der Waals surface area (Å²) in [6.45, 7) is 3.71. The first kappa shape index (κ1) is 10.1. The zero-order chi connectivity index (χ0) is 11.0. The number of hydrogen-bond donors (Lipinski definition) is 1. The topological polar surface area (TPSA) is 63.1 Å². The van der Waals surface area contributed by atoms with Crippen LogP contribution >= 0.6 is 0 Å². The fraction of sp³-hybridized carbons (Fsp3) is 0.545. The van der Waals surface area contributed by atoms with Crippen molar-refractivity contribution in [3.05, 3.63) is 22.8 Å². The van der Waals surface area contributed by atoms with Crippen molar-refractivity contribution < 1.29 is 9.90 Å². The van der Waals surface area contributed by atoms with E-state index < -0.39 is 11.9 Å². The fourth-order valence-corrected chi connectivity index (χ4v) is 2.30. The lowest BCUT2D eigenvalue weighted by Gasteiger charge is -2.23. The molecule has 1 heterocycles. The molecule has 4 heteroatoms. The third-order valence-electron chi connectivity index (χ3n) is 2.88. The van der Waals surface area contributed by atoms with Gasteiger partial charge in [-0.3, -0.25) is 4.79 Å². The van der Waals surface area contributed by atoms with E-state index >= 15 is 0 Å². The van der Waals surface area contributed by atoms with Crippen LogP contribution in [0.4, 0.5) is 0 Å². The van der Waals surface area contributed by atoms with Crippen LogP contribution in [0.15, 0.2) is 0 Å². The first-order valence-corrected chi connectivity index (χ1v) is 5.16. The molecule has 0 fully saturated rings. The first-order valence-electron chi connectivity index (χ1n) is 5.16. The first-order chi connectivity index (χ1) is 7.09. The molecule has 0 aliphatic heterocycles. The molecule has 0 spiro atoms. The molecule has 1 N–H and O–H groups in total. The van der Waals surface area contributed by atoms with Crippen LogP contribution in [0.25, 0.3) is 0 Å². The van der Waals surface area contributed by atoms with E-state index in [1.165, 1.54) is 0 Å². The maximum atomic E-state index is 11.1. The van der Waals surface area contributed by atoms with Gasteiger partial charge in [0, 0.05) is 17.0 Å². The minimum absolute atomic E-state index is 0.408. The number of aryl methyl sites for hydroxylation is 3. The van der Waals surface area contributed by atoms with Crippen LogP contribution in [-0.2, 0) is 11.2 Å². The third kappa shape index (κ3) is 1.71. The zero-order valence-electron chi connectivity index (χ0n) is 8.95. The highest BCUT2D eigenvalue weighted by Crippen LogP contribution is 2.32. The maximum Gasteiger partial charge on any atom is 0.311 e. The molecular formula is C11H14N2O2. The van der Waals surface area contributed by atoms with Gasteiger partial charge in [0.2, 0.25) is 0 Å². The summed E-state index contributed by atoms with van der Waals surface area (Å²) in [5.41, 5.74) is 2.60. The van der Waals surface area contributed by atoms with E-state index in [0.717, 1.165) is 35.6 Å². The lowest BCUT2D eigenvalue weighted by Crippen LogP contribution is -2.21. The number of carbonyl (C=O) groups is 1. The summed E-state index contributed by atoms with van der Waals surface area (Å²) in [4.78, 5) is 19.7. The number of carboxylic acid groups (broad SMARTS) is 1. The molecule has 4 nitrogen and oxygen atoms in total. The van der Waals surface area contributed by atoms with Crippen LogP contribution in [0.5, 0.6) is 0 Å². The van der Waals surface area contributed by atoms with Gasteiger partial charge in [-0.25, -0.2) is 9.97 Å². The molecule has 0 radical (unpaired) electrons. The van der Waals surface area contributed by atoms with E-state index in [0.29, 0.717) is 6.42 Å². The van der Waals surface area contributed by atoms with E-state index in [2.05, 4.69) is 9.97 Å². The van der Waals surface area contributed by atoms with Crippen LogP contribution in [0.2, 0.25) is 0 Å². The number of nitrogens with zero attached hydrogens (tertiary/aromatic N) is 2. The van der Waals surface area contributed by atoms with Crippen molar-refractivity contribution in [1.82, 2.24) is 9.97 Å². The molecule has 0 amide bonds. The quantitative estimate of drug-likeness (QED) is 0.758. The molecule has 0 saturated heterocycles. The van der Waals surface area contributed by atoms with Crippen molar-refractivity contribution in [3.8, 4) is 0 Å². The average molecular weight is 206 g/mol. The van der Waals surface area contributed by atoms with E-state index in [-0.39, 0.29) is 0 Å². The van der Waals surface area contributed by atoms with Crippen molar-refractivity contribution in [2.24, 2.45) is 0 Å². The monoisotopic (exact) mass is 206 g/mol. The third-order valence-corrected chi connectivity index (χ3v) is 2.88. The van der Waals surface area contributed by atoms with Crippen molar-refractivity contribution in [2.75, 3.05) is 0 Å². The van der Waals surface area contributed by atoms with E-state index in [1.807, 2.05) is 13.8 Å². The average Bonchev–Trinajstić information content (AvgIpc) is 2.16. The van der Waals surface area contributed by atoms with Gasteiger partial charge >= 0.3 is 5.97 Å². The number of carboxylic acids is 1. The molecule has 2 rings (SSSR count). The maximum absolute atomic E-state index is 11.1. The number of fused-ring (bicyclic) bond motifs is 1. The van der Waals surface area contributed by atoms with Gasteiger partial charge < -0.3 is 5.11 Å². The van der Waals surface area contributed by atoms with Crippen molar-refractivity contribution in [1.29, 1.82) is 0 Å². The molecule has 0 bridgehead atoms. The normalized spacial score (nSPS) is 19.7. The summed E-state index contributed by atoms with van der Waals surface area (Å²) in [5.74, 6) is -0.432. The van der Waals surface area contributed by atoms with Gasteiger partial charge in [-0.15, -0.1) is 0 Å². The molecule has 1 unspecified atom stereocenters. The predicted octanol–water partition coefficient (Wildman–Crippen LogP) is 1.60. The molecular weight excluding hydrogens is 192 g/mol. The smallest absolute Gasteiger partial charge is 0.311 e.